The summed E-state index contributed by atoms with van der Waals surface area (Å²) in [6, 6.07) is 3.48. The lowest BCUT2D eigenvalue weighted by atomic mass is 9.88. The first kappa shape index (κ1) is 22.6. The van der Waals surface area contributed by atoms with E-state index in [1.807, 2.05) is 13.8 Å². The quantitative estimate of drug-likeness (QED) is 0.730. The van der Waals surface area contributed by atoms with Gasteiger partial charge in [-0.15, -0.1) is 0 Å². The second-order valence-corrected chi connectivity index (χ2v) is 7.89. The third-order valence-electron chi connectivity index (χ3n) is 4.08. The average molecular weight is 382 g/mol. The number of benzene rings is 1. The summed E-state index contributed by atoms with van der Waals surface area (Å²) in [4.78, 5) is 24.1. The van der Waals surface area contributed by atoms with Crippen LogP contribution in [0.15, 0.2) is 24.3 Å². The number of nitrogens with one attached hydrogen (secondary N) is 2. The van der Waals surface area contributed by atoms with Gasteiger partial charge in [0.2, 0.25) is 5.91 Å². The van der Waals surface area contributed by atoms with E-state index in [0.717, 1.165) is 24.3 Å². The van der Waals surface area contributed by atoms with Crippen LogP contribution >= 0.6 is 0 Å². The fourth-order valence-corrected chi connectivity index (χ4v) is 2.11. The number of rotatable bonds is 6. The molecule has 0 saturated heterocycles. The highest BCUT2D eigenvalue weighted by molar-refractivity contribution is 5.92. The Balaban J connectivity index is 2.79. The van der Waals surface area contributed by atoms with Crippen molar-refractivity contribution in [3.63, 3.8) is 0 Å². The van der Waals surface area contributed by atoms with E-state index in [1.54, 1.807) is 27.7 Å². The molecule has 0 aromatic heterocycles. The number of alkyl carbamates (subject to hydrolysis) is 1. The average Bonchev–Trinajstić information content (AvgIpc) is 2.50. The van der Waals surface area contributed by atoms with Crippen LogP contribution in [0.4, 0.5) is 13.6 Å². The van der Waals surface area contributed by atoms with Crippen molar-refractivity contribution >= 4 is 18.1 Å². The highest BCUT2D eigenvalue weighted by Gasteiger charge is 2.31. The molecule has 0 aliphatic carbocycles. The predicted molar refractivity (Wildman–Crippen MR) is 101 cm³/mol. The van der Waals surface area contributed by atoms with Crippen LogP contribution in [0.25, 0.3) is 6.08 Å². The topological polar surface area (TPSA) is 67.4 Å². The standard InChI is InChI=1S/C20H28F2N2O3/c1-13(2)20(6,12-23-18(26)27-19(3,4)5)24-17(25)11-10-14-15(21)8-7-9-16(14)22/h7-11,13H,12H2,1-6H3,(H,23,26)(H,24,25)/b11-10+. The molecule has 7 heteroatoms. The molecule has 0 aliphatic rings. The van der Waals surface area contributed by atoms with Gasteiger partial charge in [-0.1, -0.05) is 19.9 Å². The number of hydrogen-bond donors (Lipinski definition) is 2. The Kier molecular flexibility index (Phi) is 7.51. The van der Waals surface area contributed by atoms with E-state index in [4.69, 9.17) is 4.74 Å². The van der Waals surface area contributed by atoms with Crippen molar-refractivity contribution in [3.05, 3.63) is 41.5 Å². The monoisotopic (exact) mass is 382 g/mol. The van der Waals surface area contributed by atoms with Gasteiger partial charge in [-0.2, -0.15) is 0 Å². The lowest BCUT2D eigenvalue weighted by Crippen LogP contribution is -2.56. The lowest BCUT2D eigenvalue weighted by molar-refractivity contribution is -0.118. The van der Waals surface area contributed by atoms with Crippen molar-refractivity contribution < 1.29 is 23.1 Å². The fourth-order valence-electron chi connectivity index (χ4n) is 2.11. The third-order valence-corrected chi connectivity index (χ3v) is 4.08. The summed E-state index contributed by atoms with van der Waals surface area (Å²) in [6.07, 6.45) is 1.56. The van der Waals surface area contributed by atoms with Gasteiger partial charge >= 0.3 is 6.09 Å². The zero-order valence-corrected chi connectivity index (χ0v) is 16.7. The normalized spacial score (nSPS) is 14.1. The second kappa shape index (κ2) is 8.97. The molecule has 5 nitrogen and oxygen atoms in total. The fraction of sp³-hybridized carbons (Fsp3) is 0.500. The minimum atomic E-state index is -0.786. The molecule has 0 fully saturated rings. The molecule has 1 aromatic rings. The molecule has 0 heterocycles. The van der Waals surface area contributed by atoms with Gasteiger partial charge in [0, 0.05) is 18.2 Å². The molecule has 0 radical (unpaired) electrons. The Morgan fingerprint density at radius 2 is 1.70 bits per heavy atom. The minimum absolute atomic E-state index is 0.0324. The van der Waals surface area contributed by atoms with E-state index >= 15 is 0 Å². The van der Waals surface area contributed by atoms with E-state index < -0.39 is 34.8 Å². The predicted octanol–water partition coefficient (Wildman–Crippen LogP) is 4.03. The number of carbonyl (C=O) groups is 2. The van der Waals surface area contributed by atoms with Crippen molar-refractivity contribution in [1.29, 1.82) is 0 Å². The summed E-state index contributed by atoms with van der Waals surface area (Å²) in [5.41, 5.74) is -1.70. The van der Waals surface area contributed by atoms with Gasteiger partial charge < -0.3 is 15.4 Å². The van der Waals surface area contributed by atoms with E-state index in [-0.39, 0.29) is 18.0 Å². The molecule has 0 bridgehead atoms. The summed E-state index contributed by atoms with van der Waals surface area (Å²) in [5, 5.41) is 5.42. The van der Waals surface area contributed by atoms with Crippen LogP contribution in [0.1, 0.15) is 47.1 Å². The van der Waals surface area contributed by atoms with Crippen LogP contribution in [-0.4, -0.2) is 29.7 Å². The number of carbonyl (C=O) groups excluding carboxylic acids is 2. The minimum Gasteiger partial charge on any atom is -0.444 e. The lowest BCUT2D eigenvalue weighted by Gasteiger charge is -2.35. The van der Waals surface area contributed by atoms with Crippen LogP contribution in [0.3, 0.4) is 0 Å². The number of ether oxygens (including phenoxy) is 1. The van der Waals surface area contributed by atoms with Gasteiger partial charge in [0.05, 0.1) is 5.54 Å². The largest absolute Gasteiger partial charge is 0.444 e. The van der Waals surface area contributed by atoms with Crippen molar-refractivity contribution in [1.82, 2.24) is 10.6 Å². The zero-order valence-electron chi connectivity index (χ0n) is 16.7. The van der Waals surface area contributed by atoms with Gasteiger partial charge in [0.1, 0.15) is 17.2 Å². The van der Waals surface area contributed by atoms with E-state index in [9.17, 15) is 18.4 Å². The molecule has 2 amide bonds. The van der Waals surface area contributed by atoms with Crippen molar-refractivity contribution in [3.8, 4) is 0 Å². The molecule has 1 rings (SSSR count). The van der Waals surface area contributed by atoms with Gasteiger partial charge in [-0.05, 0) is 51.8 Å². The first-order chi connectivity index (χ1) is 12.3. The summed E-state index contributed by atoms with van der Waals surface area (Å²) in [6.45, 7) is 10.9. The zero-order chi connectivity index (χ0) is 20.8. The molecule has 0 aliphatic heterocycles. The molecule has 1 aromatic carbocycles. The van der Waals surface area contributed by atoms with Gasteiger partial charge in [-0.3, -0.25) is 4.79 Å². The Bertz CT molecular complexity index is 691. The number of halogens is 2. The SMILES string of the molecule is CC(C)C(C)(CNC(=O)OC(C)(C)C)NC(=O)/C=C/c1c(F)cccc1F. The number of hydrogen-bond acceptors (Lipinski definition) is 3. The van der Waals surface area contributed by atoms with E-state index in [2.05, 4.69) is 10.6 Å². The highest BCUT2D eigenvalue weighted by atomic mass is 19.1. The Morgan fingerprint density at radius 3 is 2.19 bits per heavy atom. The van der Waals surface area contributed by atoms with Crippen molar-refractivity contribution in [2.45, 2.75) is 52.7 Å². The second-order valence-electron chi connectivity index (χ2n) is 7.89. The highest BCUT2D eigenvalue weighted by Crippen LogP contribution is 2.17. The van der Waals surface area contributed by atoms with E-state index in [0.29, 0.717) is 0 Å². The third kappa shape index (κ3) is 7.37. The summed E-state index contributed by atoms with van der Waals surface area (Å²) in [5.74, 6) is -2.07. The molecule has 0 saturated carbocycles. The smallest absolute Gasteiger partial charge is 0.407 e. The molecule has 27 heavy (non-hydrogen) atoms. The van der Waals surface area contributed by atoms with Crippen molar-refractivity contribution in [2.75, 3.05) is 6.54 Å². The van der Waals surface area contributed by atoms with Crippen LogP contribution < -0.4 is 10.6 Å². The maximum Gasteiger partial charge on any atom is 0.407 e. The van der Waals surface area contributed by atoms with Gasteiger partial charge in [-0.25, -0.2) is 13.6 Å². The molecule has 1 unspecified atom stereocenters. The molecule has 1 atom stereocenters. The Hall–Kier alpha value is -2.44. The van der Waals surface area contributed by atoms with E-state index in [1.165, 1.54) is 6.07 Å². The molecular weight excluding hydrogens is 354 g/mol. The molecule has 0 spiro atoms. The molecule has 150 valence electrons. The van der Waals surface area contributed by atoms with Crippen LogP contribution in [-0.2, 0) is 9.53 Å². The first-order valence-corrected chi connectivity index (χ1v) is 8.75. The summed E-state index contributed by atoms with van der Waals surface area (Å²) in [7, 11) is 0. The maximum atomic E-state index is 13.6. The van der Waals surface area contributed by atoms with Crippen LogP contribution in [0.5, 0.6) is 0 Å². The van der Waals surface area contributed by atoms with Crippen LogP contribution in [0, 0.1) is 17.6 Å². The molecular formula is C20H28F2N2O3. The summed E-state index contributed by atoms with van der Waals surface area (Å²) >= 11 is 0. The number of amides is 2. The van der Waals surface area contributed by atoms with Gasteiger partial charge in [0.15, 0.2) is 0 Å². The van der Waals surface area contributed by atoms with Gasteiger partial charge in [0.25, 0.3) is 0 Å². The summed E-state index contributed by atoms with van der Waals surface area (Å²) < 4.78 is 32.4. The van der Waals surface area contributed by atoms with Crippen molar-refractivity contribution in [2.24, 2.45) is 5.92 Å². The van der Waals surface area contributed by atoms with Crippen LogP contribution in [0.2, 0.25) is 0 Å². The Labute approximate surface area is 159 Å². The Morgan fingerprint density at radius 1 is 1.15 bits per heavy atom. The first-order valence-electron chi connectivity index (χ1n) is 8.75. The maximum absolute atomic E-state index is 13.6. The molecule has 2 N–H and O–H groups in total.